The number of alkyl halides is 3. The topological polar surface area (TPSA) is 17.1 Å². The number of carbonyl (C=O) groups is 1. The summed E-state index contributed by atoms with van der Waals surface area (Å²) in [5.41, 5.74) is 0. The minimum absolute atomic E-state index is 0.167. The van der Waals surface area contributed by atoms with Crippen molar-refractivity contribution in [1.82, 2.24) is 0 Å². The number of hydrogen-bond donors (Lipinski definition) is 0. The highest BCUT2D eigenvalue weighted by Crippen LogP contribution is 2.29. The third kappa shape index (κ3) is 11.0. The second-order valence-electron chi connectivity index (χ2n) is 1.98. The Morgan fingerprint density at radius 3 is 1.23 bits per heavy atom. The lowest BCUT2D eigenvalue weighted by Crippen LogP contribution is -2.08. The number of rotatable bonds is 0. The maximum absolute atomic E-state index is 11.0. The lowest BCUT2D eigenvalue weighted by atomic mass is 10.6. The first-order valence-corrected chi connectivity index (χ1v) is 2.84. The van der Waals surface area contributed by atoms with Gasteiger partial charge in [0.25, 0.3) is 5.83 Å². The second kappa shape index (κ2) is 5.60. The van der Waals surface area contributed by atoms with E-state index in [-0.39, 0.29) is 5.78 Å². The largest absolute Gasteiger partial charge is 0.448 e. The van der Waals surface area contributed by atoms with Crippen LogP contribution in [0.25, 0.3) is 0 Å². The lowest BCUT2D eigenvalue weighted by molar-refractivity contribution is -0.115. The van der Waals surface area contributed by atoms with E-state index in [1.54, 1.807) is 0 Å². The van der Waals surface area contributed by atoms with E-state index in [1.807, 2.05) is 0 Å². The Balaban J connectivity index is 0. The smallest absolute Gasteiger partial charge is 0.300 e. The van der Waals surface area contributed by atoms with Crippen molar-refractivity contribution in [2.75, 3.05) is 0 Å². The summed E-state index contributed by atoms with van der Waals surface area (Å²) < 4.78 is 64.8. The van der Waals surface area contributed by atoms with Gasteiger partial charge in [0, 0.05) is 0 Å². The molecule has 7 heteroatoms. The third-order valence-electron chi connectivity index (χ3n) is 0.415. The maximum atomic E-state index is 11.0. The Labute approximate surface area is 70.0 Å². The van der Waals surface area contributed by atoms with Crippen molar-refractivity contribution in [3.8, 4) is 0 Å². The highest BCUT2D eigenvalue weighted by molar-refractivity contribution is 5.72. The number of Topliss-reactive ketones (excluding diaryl/α,β-unsaturated/α-hetero) is 1. The van der Waals surface area contributed by atoms with E-state index in [4.69, 9.17) is 0 Å². The van der Waals surface area contributed by atoms with Crippen LogP contribution in [0.2, 0.25) is 0 Å². The number of halogens is 6. The fourth-order valence-corrected chi connectivity index (χ4v) is 0.107. The van der Waals surface area contributed by atoms with Crippen LogP contribution in [0.3, 0.4) is 0 Å². The fraction of sp³-hybridized carbons (Fsp3) is 0.500. The van der Waals surface area contributed by atoms with Crippen LogP contribution in [0.1, 0.15) is 13.8 Å². The van der Waals surface area contributed by atoms with Crippen molar-refractivity contribution >= 4 is 5.78 Å². The van der Waals surface area contributed by atoms with Crippen LogP contribution in [0.4, 0.5) is 26.3 Å². The summed E-state index contributed by atoms with van der Waals surface area (Å²) in [4.78, 5) is 9.44. The zero-order valence-electron chi connectivity index (χ0n) is 6.68. The molecule has 0 saturated carbocycles. The predicted molar refractivity (Wildman–Crippen MR) is 32.8 cm³/mol. The summed E-state index contributed by atoms with van der Waals surface area (Å²) in [6.07, 6.45) is -8.90. The van der Waals surface area contributed by atoms with Crippen LogP contribution >= 0.6 is 0 Å². The maximum Gasteiger partial charge on any atom is 0.448 e. The molecule has 0 N–H and O–H groups in total. The molecular weight excluding hydrogens is 202 g/mol. The van der Waals surface area contributed by atoms with Gasteiger partial charge in [0.15, 0.2) is 0 Å². The molecule has 1 nitrogen and oxygen atoms in total. The Kier molecular flexibility index (Phi) is 6.26. The van der Waals surface area contributed by atoms with Gasteiger partial charge < -0.3 is 4.79 Å². The Morgan fingerprint density at radius 1 is 1.00 bits per heavy atom. The van der Waals surface area contributed by atoms with E-state index in [2.05, 4.69) is 0 Å². The van der Waals surface area contributed by atoms with Gasteiger partial charge in [0.05, 0.1) is 0 Å². The third-order valence-corrected chi connectivity index (χ3v) is 0.415. The van der Waals surface area contributed by atoms with Crippen molar-refractivity contribution in [2.45, 2.75) is 20.0 Å². The lowest BCUT2D eigenvalue weighted by Gasteiger charge is -1.98. The quantitative estimate of drug-likeness (QED) is 0.558. The summed E-state index contributed by atoms with van der Waals surface area (Å²) in [5, 5.41) is 0. The zero-order valence-corrected chi connectivity index (χ0v) is 6.68. The van der Waals surface area contributed by atoms with Crippen LogP contribution < -0.4 is 0 Å². The SMILES string of the molecule is CC(C)=O.FC(F)=C(F)C(F)(F)F. The van der Waals surface area contributed by atoms with E-state index >= 15 is 0 Å². The van der Waals surface area contributed by atoms with Gasteiger partial charge in [-0.25, -0.2) is 0 Å². The van der Waals surface area contributed by atoms with Crippen molar-refractivity contribution in [3.05, 3.63) is 11.9 Å². The molecule has 0 heterocycles. The Morgan fingerprint density at radius 2 is 1.23 bits per heavy atom. The molecule has 0 aliphatic carbocycles. The molecule has 0 rings (SSSR count). The van der Waals surface area contributed by atoms with Crippen LogP contribution in [0.15, 0.2) is 11.9 Å². The molecule has 0 atom stereocenters. The Hall–Kier alpha value is -1.01. The average molecular weight is 208 g/mol. The molecule has 0 bridgehead atoms. The van der Waals surface area contributed by atoms with Crippen LogP contribution in [0.5, 0.6) is 0 Å². The highest BCUT2D eigenvalue weighted by atomic mass is 19.4. The molecule has 0 aromatic heterocycles. The van der Waals surface area contributed by atoms with Gasteiger partial charge in [-0.2, -0.15) is 26.3 Å². The minimum Gasteiger partial charge on any atom is -0.300 e. The van der Waals surface area contributed by atoms with E-state index in [9.17, 15) is 31.1 Å². The molecule has 0 aliphatic rings. The first-order chi connectivity index (χ1) is 5.59. The number of carbonyl (C=O) groups excluding carboxylic acids is 1. The number of allylic oxidation sites excluding steroid dienone is 1. The summed E-state index contributed by atoms with van der Waals surface area (Å²) >= 11 is 0. The molecule has 0 unspecified atom stereocenters. The van der Waals surface area contributed by atoms with Gasteiger partial charge in [0.1, 0.15) is 5.78 Å². The van der Waals surface area contributed by atoms with E-state index in [0.29, 0.717) is 0 Å². The summed E-state index contributed by atoms with van der Waals surface area (Å²) in [6.45, 7) is 3.06. The molecular formula is C6H6F6O. The zero-order chi connectivity index (χ0) is 11.2. The monoisotopic (exact) mass is 208 g/mol. The molecule has 0 spiro atoms. The first kappa shape index (κ1) is 14.5. The number of ketones is 1. The molecule has 0 aliphatic heterocycles. The molecule has 13 heavy (non-hydrogen) atoms. The van der Waals surface area contributed by atoms with Crippen molar-refractivity contribution < 1.29 is 31.1 Å². The van der Waals surface area contributed by atoms with Crippen LogP contribution in [-0.4, -0.2) is 12.0 Å². The highest BCUT2D eigenvalue weighted by Gasteiger charge is 2.38. The molecule has 0 aromatic rings. The van der Waals surface area contributed by atoms with Gasteiger partial charge in [-0.05, 0) is 13.8 Å². The van der Waals surface area contributed by atoms with E-state index in [1.165, 1.54) is 13.8 Å². The van der Waals surface area contributed by atoms with Crippen molar-refractivity contribution in [2.24, 2.45) is 0 Å². The first-order valence-electron chi connectivity index (χ1n) is 2.84. The normalized spacial score (nSPS) is 9.85. The predicted octanol–water partition coefficient (Wildman–Crippen LogP) is 3.22. The van der Waals surface area contributed by atoms with Gasteiger partial charge >= 0.3 is 12.3 Å². The number of hydrogen-bond acceptors (Lipinski definition) is 1. The summed E-state index contributed by atoms with van der Waals surface area (Å²) in [7, 11) is 0. The van der Waals surface area contributed by atoms with Gasteiger partial charge in [0.2, 0.25) is 0 Å². The van der Waals surface area contributed by atoms with Gasteiger partial charge in [-0.15, -0.1) is 0 Å². The molecule has 0 saturated heterocycles. The Bertz CT molecular complexity index is 196. The van der Waals surface area contributed by atoms with Gasteiger partial charge in [-0.3, -0.25) is 0 Å². The molecule has 0 fully saturated rings. The van der Waals surface area contributed by atoms with Crippen molar-refractivity contribution in [3.63, 3.8) is 0 Å². The van der Waals surface area contributed by atoms with Gasteiger partial charge in [-0.1, -0.05) is 0 Å². The summed E-state index contributed by atoms with van der Waals surface area (Å²) in [6, 6.07) is 0. The standard InChI is InChI=1S/C3F6.C3H6O/c4-1(2(5)6)3(7,8)9;1-3(2)4/h;1-2H3. The summed E-state index contributed by atoms with van der Waals surface area (Å²) in [5.74, 6) is -3.16. The van der Waals surface area contributed by atoms with Crippen LogP contribution in [-0.2, 0) is 4.79 Å². The van der Waals surface area contributed by atoms with Crippen LogP contribution in [0, 0.1) is 0 Å². The van der Waals surface area contributed by atoms with E-state index in [0.717, 1.165) is 0 Å². The second-order valence-corrected chi connectivity index (χ2v) is 1.98. The average Bonchev–Trinajstić information content (AvgIpc) is 1.82. The fourth-order valence-electron chi connectivity index (χ4n) is 0.107. The molecule has 0 radical (unpaired) electrons. The molecule has 0 amide bonds. The molecule has 78 valence electrons. The minimum atomic E-state index is -5.56. The van der Waals surface area contributed by atoms with E-state index < -0.39 is 18.1 Å². The molecule has 0 aromatic carbocycles. The van der Waals surface area contributed by atoms with Crippen molar-refractivity contribution in [1.29, 1.82) is 0 Å².